The Morgan fingerprint density at radius 3 is 2.40 bits per heavy atom. The lowest BCUT2D eigenvalue weighted by Gasteiger charge is -2.19. The van der Waals surface area contributed by atoms with E-state index in [0.717, 1.165) is 6.07 Å². The lowest BCUT2D eigenvalue weighted by atomic mass is 10.0. The first-order chi connectivity index (χ1) is 9.65. The molecule has 0 aliphatic heterocycles. The number of hydrogen-bond acceptors (Lipinski definition) is 4. The van der Waals surface area contributed by atoms with Gasteiger partial charge in [-0.1, -0.05) is 6.92 Å². The third-order valence-electron chi connectivity index (χ3n) is 2.78. The van der Waals surface area contributed by atoms with E-state index in [9.17, 15) is 8.78 Å². The zero-order valence-electron chi connectivity index (χ0n) is 11.2. The van der Waals surface area contributed by atoms with Gasteiger partial charge in [-0.2, -0.15) is 0 Å². The van der Waals surface area contributed by atoms with Crippen molar-refractivity contribution in [2.24, 2.45) is 0 Å². The van der Waals surface area contributed by atoms with Gasteiger partial charge >= 0.3 is 0 Å². The van der Waals surface area contributed by atoms with Gasteiger partial charge in [0.25, 0.3) is 0 Å². The fourth-order valence-electron chi connectivity index (χ4n) is 2.01. The predicted molar refractivity (Wildman–Crippen MR) is 70.5 cm³/mol. The van der Waals surface area contributed by atoms with E-state index in [1.807, 2.05) is 6.92 Å². The second-order valence-corrected chi connectivity index (χ2v) is 4.14. The average Bonchev–Trinajstić information content (AvgIpc) is 2.43. The Morgan fingerprint density at radius 1 is 1.15 bits per heavy atom. The Balaban J connectivity index is 2.50. The molecule has 20 heavy (non-hydrogen) atoms. The van der Waals surface area contributed by atoms with Crippen LogP contribution in [0.3, 0.4) is 0 Å². The molecule has 1 N–H and O–H groups in total. The van der Waals surface area contributed by atoms with Crippen LogP contribution in [-0.4, -0.2) is 23.6 Å². The van der Waals surface area contributed by atoms with Gasteiger partial charge in [-0.3, -0.25) is 4.98 Å². The van der Waals surface area contributed by atoms with Crippen molar-refractivity contribution in [3.63, 3.8) is 0 Å². The molecule has 2 rings (SSSR count). The molecule has 0 fully saturated rings. The number of nitrogens with one attached hydrogen (secondary N) is 1. The van der Waals surface area contributed by atoms with Crippen LogP contribution in [0.4, 0.5) is 8.78 Å². The summed E-state index contributed by atoms with van der Waals surface area (Å²) in [6.07, 6.45) is 3.01. The molecular formula is C14H15F2N3O. The van der Waals surface area contributed by atoms with Gasteiger partial charge < -0.3 is 10.1 Å². The smallest absolute Gasteiger partial charge is 0.237 e. The zero-order valence-corrected chi connectivity index (χ0v) is 11.2. The van der Waals surface area contributed by atoms with Crippen molar-refractivity contribution in [2.75, 3.05) is 13.7 Å². The Morgan fingerprint density at radius 2 is 1.80 bits per heavy atom. The molecule has 0 aliphatic carbocycles. The number of ether oxygens (including phenoxy) is 1. The van der Waals surface area contributed by atoms with Crippen LogP contribution < -0.4 is 10.1 Å². The highest BCUT2D eigenvalue weighted by atomic mass is 19.1. The molecule has 0 radical (unpaired) electrons. The Labute approximate surface area is 115 Å². The second-order valence-electron chi connectivity index (χ2n) is 4.14. The predicted octanol–water partition coefficient (Wildman–Crippen LogP) is 2.46. The maximum absolute atomic E-state index is 13.4. The highest BCUT2D eigenvalue weighted by Gasteiger charge is 2.21. The van der Waals surface area contributed by atoms with Gasteiger partial charge in [0.15, 0.2) is 0 Å². The van der Waals surface area contributed by atoms with Crippen LogP contribution in [0.2, 0.25) is 0 Å². The molecule has 2 aromatic rings. The largest absolute Gasteiger partial charge is 0.480 e. The lowest BCUT2D eigenvalue weighted by Crippen LogP contribution is -2.24. The van der Waals surface area contributed by atoms with Crippen molar-refractivity contribution in [1.29, 1.82) is 0 Å². The molecule has 0 spiro atoms. The fourth-order valence-corrected chi connectivity index (χ4v) is 2.01. The molecule has 6 heteroatoms. The SMILES string of the molecule is CCNC(c1cc(F)cc(F)c1)c1nccnc1OC. The summed E-state index contributed by atoms with van der Waals surface area (Å²) in [5, 5.41) is 3.13. The van der Waals surface area contributed by atoms with Gasteiger partial charge in [-0.15, -0.1) is 0 Å². The van der Waals surface area contributed by atoms with E-state index in [2.05, 4.69) is 15.3 Å². The topological polar surface area (TPSA) is 47.0 Å². The molecule has 1 heterocycles. The monoisotopic (exact) mass is 279 g/mol. The summed E-state index contributed by atoms with van der Waals surface area (Å²) in [6.45, 7) is 2.49. The summed E-state index contributed by atoms with van der Waals surface area (Å²) < 4.78 is 31.9. The normalized spacial score (nSPS) is 12.2. The van der Waals surface area contributed by atoms with Gasteiger partial charge in [-0.25, -0.2) is 13.8 Å². The third kappa shape index (κ3) is 3.08. The molecule has 0 bridgehead atoms. The fraction of sp³-hybridized carbons (Fsp3) is 0.286. The minimum Gasteiger partial charge on any atom is -0.480 e. The van der Waals surface area contributed by atoms with Gasteiger partial charge in [0.2, 0.25) is 5.88 Å². The molecule has 1 unspecified atom stereocenters. The van der Waals surface area contributed by atoms with Crippen LogP contribution in [-0.2, 0) is 0 Å². The molecule has 0 saturated carbocycles. The summed E-state index contributed by atoms with van der Waals surface area (Å²) in [6, 6.07) is 2.88. The van der Waals surface area contributed by atoms with Crippen molar-refractivity contribution in [3.8, 4) is 5.88 Å². The number of methoxy groups -OCH3 is 1. The maximum Gasteiger partial charge on any atom is 0.237 e. The van der Waals surface area contributed by atoms with Crippen LogP contribution in [0.15, 0.2) is 30.6 Å². The standard InChI is InChI=1S/C14H15F2N3O/c1-3-17-12(9-6-10(15)8-11(16)7-9)13-14(20-2)19-5-4-18-13/h4-8,12,17H,3H2,1-2H3. The first-order valence-corrected chi connectivity index (χ1v) is 6.20. The summed E-state index contributed by atoms with van der Waals surface area (Å²) in [7, 11) is 1.47. The van der Waals surface area contributed by atoms with E-state index in [1.54, 1.807) is 0 Å². The molecule has 106 valence electrons. The minimum absolute atomic E-state index is 0.322. The molecule has 0 saturated heterocycles. The lowest BCUT2D eigenvalue weighted by molar-refractivity contribution is 0.382. The van der Waals surface area contributed by atoms with Crippen LogP contribution in [0, 0.1) is 11.6 Å². The molecule has 1 aromatic heterocycles. The van der Waals surface area contributed by atoms with E-state index in [0.29, 0.717) is 23.7 Å². The molecule has 0 aliphatic rings. The van der Waals surface area contributed by atoms with E-state index in [4.69, 9.17) is 4.74 Å². The van der Waals surface area contributed by atoms with E-state index in [-0.39, 0.29) is 0 Å². The van der Waals surface area contributed by atoms with E-state index < -0.39 is 17.7 Å². The van der Waals surface area contributed by atoms with Gasteiger partial charge in [-0.05, 0) is 24.2 Å². The Kier molecular flexibility index (Phi) is 4.57. The Bertz CT molecular complexity index is 572. The van der Waals surface area contributed by atoms with Crippen LogP contribution in [0.1, 0.15) is 24.2 Å². The van der Waals surface area contributed by atoms with Crippen molar-refractivity contribution in [2.45, 2.75) is 13.0 Å². The van der Waals surface area contributed by atoms with E-state index in [1.165, 1.54) is 31.6 Å². The van der Waals surface area contributed by atoms with Gasteiger partial charge in [0.05, 0.1) is 13.2 Å². The summed E-state index contributed by atoms with van der Waals surface area (Å²) in [5.41, 5.74) is 0.921. The number of halogens is 2. The number of aromatic nitrogens is 2. The molecule has 1 aromatic carbocycles. The first-order valence-electron chi connectivity index (χ1n) is 6.20. The van der Waals surface area contributed by atoms with Crippen molar-refractivity contribution < 1.29 is 13.5 Å². The molecule has 0 amide bonds. The summed E-state index contributed by atoms with van der Waals surface area (Å²) >= 11 is 0. The van der Waals surface area contributed by atoms with Crippen LogP contribution in [0.25, 0.3) is 0 Å². The number of nitrogens with zero attached hydrogens (tertiary/aromatic N) is 2. The average molecular weight is 279 g/mol. The molecule has 1 atom stereocenters. The van der Waals surface area contributed by atoms with Crippen LogP contribution in [0.5, 0.6) is 5.88 Å². The Hall–Kier alpha value is -2.08. The maximum atomic E-state index is 13.4. The highest BCUT2D eigenvalue weighted by Crippen LogP contribution is 2.27. The minimum atomic E-state index is -0.634. The molecule has 4 nitrogen and oxygen atoms in total. The van der Waals surface area contributed by atoms with Gasteiger partial charge in [0, 0.05) is 18.5 Å². The van der Waals surface area contributed by atoms with Gasteiger partial charge in [0.1, 0.15) is 17.3 Å². The van der Waals surface area contributed by atoms with Crippen LogP contribution >= 0.6 is 0 Å². The zero-order chi connectivity index (χ0) is 14.5. The quantitative estimate of drug-likeness (QED) is 0.913. The number of hydrogen-bond donors (Lipinski definition) is 1. The summed E-state index contributed by atoms with van der Waals surface area (Å²) in [4.78, 5) is 8.27. The second kappa shape index (κ2) is 6.38. The summed E-state index contributed by atoms with van der Waals surface area (Å²) in [5.74, 6) is -0.945. The molecular weight excluding hydrogens is 264 g/mol. The van der Waals surface area contributed by atoms with Crippen molar-refractivity contribution in [1.82, 2.24) is 15.3 Å². The van der Waals surface area contributed by atoms with Crippen molar-refractivity contribution in [3.05, 3.63) is 53.5 Å². The van der Waals surface area contributed by atoms with Crippen molar-refractivity contribution >= 4 is 0 Å². The third-order valence-corrected chi connectivity index (χ3v) is 2.78. The number of rotatable bonds is 5. The number of benzene rings is 1. The van der Waals surface area contributed by atoms with E-state index >= 15 is 0 Å². The first kappa shape index (κ1) is 14.3. The highest BCUT2D eigenvalue weighted by molar-refractivity contribution is 5.33.